The number of halogens is 1. The van der Waals surface area contributed by atoms with Crippen LogP contribution < -0.4 is 38.1 Å². The molecule has 2 aliphatic heterocycles. The average molecular weight is 725 g/mol. The van der Waals surface area contributed by atoms with Crippen LogP contribution in [-0.2, 0) is 46.4 Å². The van der Waals surface area contributed by atoms with Gasteiger partial charge in [0.2, 0.25) is 41.4 Å². The lowest BCUT2D eigenvalue weighted by Gasteiger charge is -2.29. The third-order valence-electron chi connectivity index (χ3n) is 8.90. The minimum absolute atomic E-state index is 0.0523. The molecule has 2 saturated heterocycles. The van der Waals surface area contributed by atoms with Crippen molar-refractivity contribution in [2.45, 2.75) is 81.6 Å². The van der Waals surface area contributed by atoms with Crippen LogP contribution >= 0.6 is 0 Å². The van der Waals surface area contributed by atoms with E-state index in [1.54, 1.807) is 12.1 Å². The highest BCUT2D eigenvalue weighted by atomic mass is 19.1. The van der Waals surface area contributed by atoms with Crippen molar-refractivity contribution in [3.05, 3.63) is 65.5 Å². The van der Waals surface area contributed by atoms with Crippen molar-refractivity contribution in [2.75, 3.05) is 19.6 Å². The summed E-state index contributed by atoms with van der Waals surface area (Å²) in [6.45, 7) is -0.263. The fourth-order valence-electron chi connectivity index (χ4n) is 6.09. The zero-order chi connectivity index (χ0) is 37.8. The molecule has 0 radical (unpaired) electrons. The molecule has 0 bridgehead atoms. The molecule has 0 saturated carbocycles. The van der Waals surface area contributed by atoms with Gasteiger partial charge in [-0.1, -0.05) is 24.3 Å². The lowest BCUT2D eigenvalue weighted by Crippen LogP contribution is -2.58. The standard InChI is InChI=1S/C35H45FN8O8/c36-22-10-6-21(7-11-22)17-26-34(51)43-27(35(52)44-15-3-5-28(44)31(38)48)18-29(46)39-14-2-1-4-25(33(50)40-19-30(47)41-26)42-32(49)24(37)16-20-8-12-23(45)13-9-20/h6-13,24-28,45H,1-5,14-19,37H2,(H2,38,48)(H,39,46)(H,40,50)(H,41,47)(H,42,49)(H,43,51)/t24-,25+,26-,27-,28+/m0/s1. The highest BCUT2D eigenvalue weighted by molar-refractivity contribution is 5.97. The number of phenols is 1. The van der Waals surface area contributed by atoms with Gasteiger partial charge < -0.3 is 48.1 Å². The predicted octanol–water partition coefficient (Wildman–Crippen LogP) is -1.62. The Hall–Kier alpha value is -5.58. The summed E-state index contributed by atoms with van der Waals surface area (Å²) in [4.78, 5) is 93.2. The van der Waals surface area contributed by atoms with Crippen molar-refractivity contribution in [3.8, 4) is 5.75 Å². The molecule has 4 rings (SSSR count). The summed E-state index contributed by atoms with van der Waals surface area (Å²) in [5.74, 6) is -5.41. The van der Waals surface area contributed by atoms with Crippen molar-refractivity contribution in [1.29, 1.82) is 0 Å². The molecule has 5 atom stereocenters. The monoisotopic (exact) mass is 724 g/mol. The van der Waals surface area contributed by atoms with Gasteiger partial charge in [-0.25, -0.2) is 4.39 Å². The highest BCUT2D eigenvalue weighted by Crippen LogP contribution is 2.19. The summed E-state index contributed by atoms with van der Waals surface area (Å²) < 4.78 is 13.6. The van der Waals surface area contributed by atoms with Crippen LogP contribution in [-0.4, -0.2) is 101 Å². The molecule has 0 aliphatic carbocycles. The number of hydrogen-bond donors (Lipinski definition) is 8. The molecule has 0 spiro atoms. The number of carbonyl (C=O) groups excluding carboxylic acids is 7. The Morgan fingerprint density at radius 3 is 2.27 bits per heavy atom. The highest BCUT2D eigenvalue weighted by Gasteiger charge is 2.38. The summed E-state index contributed by atoms with van der Waals surface area (Å²) in [5.41, 5.74) is 12.8. The number of hydrogen-bond acceptors (Lipinski definition) is 9. The van der Waals surface area contributed by atoms with Gasteiger partial charge in [0.15, 0.2) is 0 Å². The van der Waals surface area contributed by atoms with Crippen LogP contribution in [0.1, 0.15) is 49.7 Å². The van der Waals surface area contributed by atoms with E-state index < -0.39 is 90.3 Å². The van der Waals surface area contributed by atoms with E-state index in [-0.39, 0.29) is 38.1 Å². The molecule has 17 heteroatoms. The molecule has 2 aliphatic rings. The second kappa shape index (κ2) is 18.6. The van der Waals surface area contributed by atoms with Gasteiger partial charge in [0.1, 0.15) is 35.7 Å². The number of rotatable bonds is 8. The van der Waals surface area contributed by atoms with E-state index in [9.17, 15) is 43.1 Å². The van der Waals surface area contributed by atoms with E-state index in [2.05, 4.69) is 26.6 Å². The number of carbonyl (C=O) groups is 7. The van der Waals surface area contributed by atoms with E-state index in [1.807, 2.05) is 0 Å². The van der Waals surface area contributed by atoms with E-state index in [1.165, 1.54) is 41.3 Å². The van der Waals surface area contributed by atoms with Gasteiger partial charge >= 0.3 is 0 Å². The molecule has 52 heavy (non-hydrogen) atoms. The molecule has 0 unspecified atom stereocenters. The Morgan fingerprint density at radius 1 is 0.885 bits per heavy atom. The first-order valence-corrected chi connectivity index (χ1v) is 17.1. The lowest BCUT2D eigenvalue weighted by molar-refractivity contribution is -0.142. The number of nitrogens with two attached hydrogens (primary N) is 2. The lowest BCUT2D eigenvalue weighted by atomic mass is 10.0. The first-order valence-electron chi connectivity index (χ1n) is 17.1. The van der Waals surface area contributed by atoms with E-state index in [4.69, 9.17) is 11.5 Å². The Kier molecular flexibility index (Phi) is 14.0. The third-order valence-corrected chi connectivity index (χ3v) is 8.90. The second-order valence-corrected chi connectivity index (χ2v) is 12.9. The topological polar surface area (TPSA) is 255 Å². The summed E-state index contributed by atoms with van der Waals surface area (Å²) >= 11 is 0. The molecule has 2 heterocycles. The predicted molar refractivity (Wildman–Crippen MR) is 184 cm³/mol. The summed E-state index contributed by atoms with van der Waals surface area (Å²) in [7, 11) is 0. The number of aromatic hydroxyl groups is 1. The molecule has 2 fully saturated rings. The van der Waals surface area contributed by atoms with E-state index in [0.29, 0.717) is 36.8 Å². The van der Waals surface area contributed by atoms with Gasteiger partial charge in [0.05, 0.1) is 19.0 Å². The van der Waals surface area contributed by atoms with Gasteiger partial charge in [-0.05, 0) is 73.9 Å². The Labute approximate surface area is 299 Å². The van der Waals surface area contributed by atoms with Crippen LogP contribution in [0, 0.1) is 5.82 Å². The molecule has 10 N–H and O–H groups in total. The number of phenolic OH excluding ortho intramolecular Hbond substituents is 1. The third kappa shape index (κ3) is 11.5. The van der Waals surface area contributed by atoms with Crippen molar-refractivity contribution < 1.29 is 43.1 Å². The van der Waals surface area contributed by atoms with Gasteiger partial charge in [-0.2, -0.15) is 0 Å². The number of likely N-dealkylation sites (tertiary alicyclic amines) is 1. The molecular formula is C35H45FN8O8. The van der Waals surface area contributed by atoms with Crippen LogP contribution in [0.25, 0.3) is 0 Å². The molecule has 16 nitrogen and oxygen atoms in total. The van der Waals surface area contributed by atoms with Crippen molar-refractivity contribution in [2.24, 2.45) is 11.5 Å². The molecular weight excluding hydrogens is 679 g/mol. The minimum Gasteiger partial charge on any atom is -0.508 e. The van der Waals surface area contributed by atoms with Gasteiger partial charge in [0.25, 0.3) is 0 Å². The number of nitrogens with one attached hydrogen (secondary N) is 5. The second-order valence-electron chi connectivity index (χ2n) is 12.9. The molecule has 280 valence electrons. The van der Waals surface area contributed by atoms with Crippen LogP contribution in [0.3, 0.4) is 0 Å². The van der Waals surface area contributed by atoms with E-state index >= 15 is 0 Å². The van der Waals surface area contributed by atoms with Crippen LogP contribution in [0.4, 0.5) is 4.39 Å². The summed E-state index contributed by atoms with van der Waals surface area (Å²) in [6.07, 6.45) is 1.15. The maximum absolute atomic E-state index is 13.7. The largest absolute Gasteiger partial charge is 0.508 e. The zero-order valence-electron chi connectivity index (χ0n) is 28.6. The zero-order valence-corrected chi connectivity index (χ0v) is 28.6. The van der Waals surface area contributed by atoms with E-state index in [0.717, 1.165) is 0 Å². The maximum Gasteiger partial charge on any atom is 0.246 e. The Bertz CT molecular complexity index is 1620. The maximum atomic E-state index is 13.7. The van der Waals surface area contributed by atoms with Crippen molar-refractivity contribution in [3.63, 3.8) is 0 Å². The number of nitrogens with zero attached hydrogens (tertiary/aromatic N) is 1. The van der Waals surface area contributed by atoms with Crippen LogP contribution in [0.2, 0.25) is 0 Å². The quantitative estimate of drug-likeness (QED) is 0.156. The molecule has 0 aromatic heterocycles. The number of amides is 7. The normalized spacial score (nSPS) is 22.9. The smallest absolute Gasteiger partial charge is 0.246 e. The fourth-order valence-corrected chi connectivity index (χ4v) is 6.09. The first kappa shape index (κ1) is 39.2. The summed E-state index contributed by atoms with van der Waals surface area (Å²) in [6, 6.07) is 5.51. The first-order chi connectivity index (χ1) is 24.8. The fraction of sp³-hybridized carbons (Fsp3) is 0.457. The van der Waals surface area contributed by atoms with Crippen molar-refractivity contribution in [1.82, 2.24) is 31.5 Å². The Morgan fingerprint density at radius 2 is 1.58 bits per heavy atom. The van der Waals surface area contributed by atoms with Gasteiger partial charge in [0, 0.05) is 19.5 Å². The molecule has 7 amide bonds. The molecule has 2 aromatic rings. The van der Waals surface area contributed by atoms with Crippen LogP contribution in [0.5, 0.6) is 5.75 Å². The summed E-state index contributed by atoms with van der Waals surface area (Å²) in [5, 5.41) is 22.4. The van der Waals surface area contributed by atoms with Crippen LogP contribution in [0.15, 0.2) is 48.5 Å². The Balaban J connectivity index is 1.53. The SMILES string of the molecule is NC(=O)[C@H]1CCCN1C(=O)[C@@H]1CC(=O)NCCCC[C@@H](NC(=O)[C@@H](N)Cc2ccc(O)cc2)C(=O)NCC(=O)N[C@@H](Cc2ccc(F)cc2)C(=O)N1. The number of benzene rings is 2. The van der Waals surface area contributed by atoms with Crippen molar-refractivity contribution >= 4 is 41.4 Å². The minimum atomic E-state index is -1.42. The van der Waals surface area contributed by atoms with Gasteiger partial charge in [-0.15, -0.1) is 0 Å². The van der Waals surface area contributed by atoms with Gasteiger partial charge in [-0.3, -0.25) is 33.6 Å². The average Bonchev–Trinajstić information content (AvgIpc) is 3.61. The number of primary amides is 1. The molecule has 2 aromatic carbocycles.